The molecule has 2 heterocycles. The smallest absolute Gasteiger partial charge is 0.195 e. The maximum Gasteiger partial charge on any atom is 0.195 e. The molecule has 11 nitrogen and oxygen atoms in total. The second-order valence-electron chi connectivity index (χ2n) is 23.8. The highest BCUT2D eigenvalue weighted by atomic mass is 28.4. The van der Waals surface area contributed by atoms with Gasteiger partial charge in [0.2, 0.25) is 0 Å². The van der Waals surface area contributed by atoms with Crippen LogP contribution in [-0.4, -0.2) is 101 Å². The first-order valence-corrected chi connectivity index (χ1v) is 36.1. The average Bonchev–Trinajstić information content (AvgIpc) is 4.17. The van der Waals surface area contributed by atoms with Gasteiger partial charge in [-0.3, -0.25) is 4.79 Å². The third-order valence-corrected chi connectivity index (χ3v) is 32.4. The predicted octanol–water partition coefficient (Wildman–Crippen LogP) is 15.1. The number of benzene rings is 2. The molecule has 0 amide bonds. The van der Waals surface area contributed by atoms with Crippen molar-refractivity contribution in [3.05, 3.63) is 53.6 Å². The maximum absolute atomic E-state index is 12.6. The van der Waals surface area contributed by atoms with E-state index in [4.69, 9.17) is 46.4 Å². The molecule has 0 spiro atoms. The summed E-state index contributed by atoms with van der Waals surface area (Å²) in [6, 6.07) is 19.3. The van der Waals surface area contributed by atoms with Gasteiger partial charge in [0, 0.05) is 41.8 Å². The lowest BCUT2D eigenvalue weighted by atomic mass is 9.77. The number of epoxide rings is 1. The van der Waals surface area contributed by atoms with E-state index >= 15 is 0 Å². The molecule has 2 aromatic carbocycles. The van der Waals surface area contributed by atoms with Crippen molar-refractivity contribution in [1.82, 2.24) is 0 Å². The Labute approximate surface area is 447 Å². The van der Waals surface area contributed by atoms with Crippen molar-refractivity contribution in [2.24, 2.45) is 23.7 Å². The molecular weight excluding hydrogens is 969 g/mol. The Hall–Kier alpha value is -2.12. The molecule has 0 bridgehead atoms. The summed E-state index contributed by atoms with van der Waals surface area (Å²) in [5.74, 6) is 2.45. The number of carbonyl (C=O) groups is 1. The van der Waals surface area contributed by atoms with Crippen molar-refractivity contribution in [2.45, 2.75) is 252 Å². The second kappa shape index (κ2) is 28.0. The zero-order valence-corrected chi connectivity index (χ0v) is 52.7. The normalized spacial score (nSPS) is 23.8. The molecule has 4 rings (SSSR count). The van der Waals surface area contributed by atoms with Crippen LogP contribution in [0.15, 0.2) is 42.5 Å². The highest BCUT2D eigenvalue weighted by Crippen LogP contribution is 2.48. The molecular formula is C59H104O11Si3. The Morgan fingerprint density at radius 2 is 1.25 bits per heavy atom. The van der Waals surface area contributed by atoms with Gasteiger partial charge in [0.25, 0.3) is 0 Å². The Kier molecular flexibility index (Phi) is 24.3. The Balaban J connectivity index is 1.68. The molecule has 0 N–H and O–H groups in total. The van der Waals surface area contributed by atoms with E-state index in [1.54, 1.807) is 28.3 Å². The molecule has 418 valence electrons. The van der Waals surface area contributed by atoms with E-state index in [0.717, 1.165) is 66.4 Å². The van der Waals surface area contributed by atoms with Crippen LogP contribution in [-0.2, 0) is 43.6 Å². The number of Topliss-reactive ketones (excluding diaryl/α,β-unsaturated/α-hetero) is 1. The molecule has 13 atom stereocenters. The third kappa shape index (κ3) is 16.2. The highest BCUT2D eigenvalue weighted by Gasteiger charge is 2.56. The van der Waals surface area contributed by atoms with Gasteiger partial charge in [0.1, 0.15) is 17.6 Å². The molecule has 2 aliphatic heterocycles. The van der Waals surface area contributed by atoms with E-state index in [9.17, 15) is 4.79 Å². The van der Waals surface area contributed by atoms with Crippen molar-refractivity contribution >= 4 is 30.7 Å². The quantitative estimate of drug-likeness (QED) is 0.0515. The fourth-order valence-corrected chi connectivity index (χ4v) is 19.4. The van der Waals surface area contributed by atoms with Gasteiger partial charge in [0.05, 0.1) is 64.6 Å². The Bertz CT molecular complexity index is 1940. The number of hydrogen-bond donors (Lipinski definition) is 0. The van der Waals surface area contributed by atoms with Crippen LogP contribution in [0.1, 0.15) is 154 Å². The zero-order valence-electron chi connectivity index (χ0n) is 49.7. The summed E-state index contributed by atoms with van der Waals surface area (Å²) in [5.41, 5.74) is 2.45. The monoisotopic (exact) mass is 1070 g/mol. The van der Waals surface area contributed by atoms with Crippen LogP contribution in [0.5, 0.6) is 17.2 Å². The minimum atomic E-state index is -2.24. The van der Waals surface area contributed by atoms with E-state index in [-0.39, 0.29) is 83.3 Å². The van der Waals surface area contributed by atoms with Crippen LogP contribution in [0, 0.1) is 23.7 Å². The Morgan fingerprint density at radius 3 is 1.75 bits per heavy atom. The lowest BCUT2D eigenvalue weighted by Gasteiger charge is -2.50. The molecule has 0 radical (unpaired) electrons. The minimum absolute atomic E-state index is 0.00674. The molecule has 0 aromatic heterocycles. The van der Waals surface area contributed by atoms with Crippen molar-refractivity contribution in [2.75, 3.05) is 21.3 Å². The largest absolute Gasteiger partial charge is 0.497 e. The fraction of sp³-hybridized carbons (Fsp3) is 0.780. The number of methoxy groups -OCH3 is 3. The van der Waals surface area contributed by atoms with Crippen molar-refractivity contribution in [3.63, 3.8) is 0 Å². The molecule has 2 aliphatic rings. The Morgan fingerprint density at radius 1 is 0.671 bits per heavy atom. The molecule has 0 unspecified atom stereocenters. The SMILES string of the molecule is CC[Si](CC)(CC)O[C@H]([C@@H](C)[C@H]1O[C@@H](c2ccc(OC)cc2)O[C@@H]([C@@H](C)[C@H](C)O[Si](CC)(CC)C(C)C)[C@H]1C)[C@@H](C)[C@@H]1O[C@H]1[C@H](CCC[C@H](CC(C)=O)OCc1ccc(OC)c(OC)c1)O[Si](C)(C)C(C)(C)C. The van der Waals surface area contributed by atoms with E-state index in [1.165, 1.54) is 0 Å². The fourth-order valence-electron chi connectivity index (χ4n) is 11.3. The number of rotatable bonds is 32. The summed E-state index contributed by atoms with van der Waals surface area (Å²) in [7, 11) is -1.42. The summed E-state index contributed by atoms with van der Waals surface area (Å²) in [4.78, 5) is 12.6. The van der Waals surface area contributed by atoms with Gasteiger partial charge in [-0.1, -0.05) is 115 Å². The lowest BCUT2D eigenvalue weighted by molar-refractivity contribution is -0.298. The number of hydrogen-bond acceptors (Lipinski definition) is 11. The van der Waals surface area contributed by atoms with Crippen LogP contribution in [0.2, 0.25) is 53.9 Å². The molecule has 0 aliphatic carbocycles. The lowest BCUT2D eigenvalue weighted by Crippen LogP contribution is -2.55. The van der Waals surface area contributed by atoms with Crippen molar-refractivity contribution in [3.8, 4) is 17.2 Å². The summed E-state index contributed by atoms with van der Waals surface area (Å²) < 4.78 is 66.9. The summed E-state index contributed by atoms with van der Waals surface area (Å²) >= 11 is 0. The molecule has 73 heavy (non-hydrogen) atoms. The number of ketones is 1. The highest BCUT2D eigenvalue weighted by molar-refractivity contribution is 6.75. The van der Waals surface area contributed by atoms with Gasteiger partial charge in [0.15, 0.2) is 42.7 Å². The van der Waals surface area contributed by atoms with Gasteiger partial charge in [-0.2, -0.15) is 0 Å². The van der Waals surface area contributed by atoms with Gasteiger partial charge in [-0.05, 0) is 117 Å². The van der Waals surface area contributed by atoms with E-state index in [2.05, 4.69) is 129 Å². The average molecular weight is 1070 g/mol. The van der Waals surface area contributed by atoms with Crippen LogP contribution in [0.4, 0.5) is 0 Å². The minimum Gasteiger partial charge on any atom is -0.497 e. The first-order chi connectivity index (χ1) is 34.3. The maximum atomic E-state index is 12.6. The summed E-state index contributed by atoms with van der Waals surface area (Å²) in [6.07, 6.45) is 1.23. The van der Waals surface area contributed by atoms with E-state index < -0.39 is 31.2 Å². The van der Waals surface area contributed by atoms with Crippen LogP contribution >= 0.6 is 0 Å². The molecule has 2 fully saturated rings. The number of carbonyl (C=O) groups excluding carboxylic acids is 1. The second-order valence-corrected chi connectivity index (χ2v) is 38.2. The van der Waals surface area contributed by atoms with E-state index in [1.807, 2.05) is 30.3 Å². The first kappa shape index (κ1) is 63.4. The number of ether oxygens (including phenoxy) is 7. The standard InChI is InChI=1S/C59H104O11Si3/c1-22-72(23-2,24-3)70-55(43(11)54-42(10)53(41(9)45(13)68-73(25-4,26-5)39(6)7)66-58(67-54)47-31-33-48(61-17)34-32-47)44(12)56-57(65-56)51(69-71(20,21)59(14,15)16)29-27-28-49(36-40(8)60)64-38-46-30-35-50(62-18)52(37-46)63-19/h30-35,37,39,41-45,49,51,53-58H,22-29,36,38H2,1-21H3/t41-,42+,43-,44+,45-,49+,51-,53-,54-,55+,56-,57-,58-/m0/s1. The third-order valence-electron chi connectivity index (χ3n) is 17.9. The predicted molar refractivity (Wildman–Crippen MR) is 305 cm³/mol. The molecule has 2 saturated heterocycles. The van der Waals surface area contributed by atoms with Gasteiger partial charge >= 0.3 is 0 Å². The zero-order chi connectivity index (χ0) is 54.6. The van der Waals surface area contributed by atoms with Crippen LogP contribution in [0.3, 0.4) is 0 Å². The molecule has 14 heteroatoms. The molecule has 0 saturated carbocycles. The summed E-state index contributed by atoms with van der Waals surface area (Å²) in [6.45, 7) is 41.5. The topological polar surface area (TPSA) is 113 Å². The van der Waals surface area contributed by atoms with Gasteiger partial charge in [-0.25, -0.2) is 0 Å². The molecule has 2 aromatic rings. The van der Waals surface area contributed by atoms with Gasteiger partial charge in [-0.15, -0.1) is 0 Å². The van der Waals surface area contributed by atoms with Crippen molar-refractivity contribution < 1.29 is 51.2 Å². The van der Waals surface area contributed by atoms with Crippen LogP contribution < -0.4 is 14.2 Å². The van der Waals surface area contributed by atoms with Gasteiger partial charge < -0.3 is 46.4 Å². The summed E-state index contributed by atoms with van der Waals surface area (Å²) in [5, 5.41) is 0.00834. The van der Waals surface area contributed by atoms with Crippen LogP contribution in [0.25, 0.3) is 0 Å². The first-order valence-electron chi connectivity index (χ1n) is 28.3. The van der Waals surface area contributed by atoms with E-state index in [0.29, 0.717) is 30.1 Å². The van der Waals surface area contributed by atoms with Crippen molar-refractivity contribution in [1.29, 1.82) is 0 Å².